The first kappa shape index (κ1) is 29.7. The Hall–Kier alpha value is -2.98. The molecule has 2 aliphatic heterocycles. The van der Waals surface area contributed by atoms with E-state index in [4.69, 9.17) is 23.4 Å². The lowest BCUT2D eigenvalue weighted by Crippen LogP contribution is -2.72. The molecular weight excluding hydrogens is 564 g/mol. The first-order valence-corrected chi connectivity index (χ1v) is 15.7. The third kappa shape index (κ3) is 4.05. The van der Waals surface area contributed by atoms with Crippen LogP contribution in [-0.2, 0) is 23.7 Å². The standard InChI is InChI=1S/C35H42O9/c1-18-22(21-11-12-40-16-21)13-23-28(18)35(5)24(14-27(38)43-23)34(4)25(37)15-26(42-19(2)36)33(3)17-41-29(30(33)34)31(35)44-32(39)20-9-7-6-8-10-20/h6-12,16,22-27,29-31,37-38H,13-15,17H2,1-5H3. The smallest absolute Gasteiger partial charge is 0.338 e. The van der Waals surface area contributed by atoms with Crippen LogP contribution in [-0.4, -0.2) is 65.6 Å². The molecule has 5 aliphatic rings. The SMILES string of the molecule is CC(=O)OC1CC(O)C2(C)C3C(OCC13C)C(OC(=O)c1ccccc1)C1(C)C3=C(C)C(c4ccoc4)CC3OC(O)CC12. The van der Waals surface area contributed by atoms with E-state index in [1.165, 1.54) is 6.92 Å². The first-order valence-electron chi connectivity index (χ1n) is 15.7. The molecule has 2 N–H and O–H groups in total. The predicted octanol–water partition coefficient (Wildman–Crippen LogP) is 4.78. The van der Waals surface area contributed by atoms with Crippen molar-refractivity contribution in [3.63, 3.8) is 0 Å². The number of ether oxygens (including phenoxy) is 4. The zero-order valence-corrected chi connectivity index (χ0v) is 25.9. The van der Waals surface area contributed by atoms with Gasteiger partial charge in [-0.05, 0) is 48.6 Å². The van der Waals surface area contributed by atoms with Gasteiger partial charge in [-0.2, -0.15) is 0 Å². The number of esters is 2. The number of fused-ring (bicyclic) bond motifs is 4. The Morgan fingerprint density at radius 1 is 1.00 bits per heavy atom. The Morgan fingerprint density at radius 2 is 1.75 bits per heavy atom. The molecule has 2 saturated heterocycles. The van der Waals surface area contributed by atoms with Gasteiger partial charge in [0, 0.05) is 47.8 Å². The molecule has 9 heteroatoms. The lowest BCUT2D eigenvalue weighted by molar-refractivity contribution is -0.254. The Kier molecular flexibility index (Phi) is 6.94. The highest BCUT2D eigenvalue weighted by atomic mass is 16.6. The minimum absolute atomic E-state index is 0.00748. The molecule has 0 bridgehead atoms. The zero-order chi connectivity index (χ0) is 31.2. The minimum atomic E-state index is -1.09. The summed E-state index contributed by atoms with van der Waals surface area (Å²) in [5, 5.41) is 23.6. The van der Waals surface area contributed by atoms with E-state index in [0.717, 1.165) is 16.7 Å². The average Bonchev–Trinajstić information content (AvgIpc) is 3.69. The summed E-state index contributed by atoms with van der Waals surface area (Å²) in [7, 11) is 0. The van der Waals surface area contributed by atoms with Gasteiger partial charge in [0.2, 0.25) is 0 Å². The summed E-state index contributed by atoms with van der Waals surface area (Å²) in [4.78, 5) is 26.1. The molecular formula is C35H42O9. The fourth-order valence-electron chi connectivity index (χ4n) is 10.3. The van der Waals surface area contributed by atoms with Crippen LogP contribution < -0.4 is 0 Å². The van der Waals surface area contributed by atoms with Crippen LogP contribution >= 0.6 is 0 Å². The fourth-order valence-corrected chi connectivity index (χ4v) is 10.3. The van der Waals surface area contributed by atoms with Crippen molar-refractivity contribution in [3.8, 4) is 0 Å². The van der Waals surface area contributed by atoms with Gasteiger partial charge in [-0.15, -0.1) is 0 Å². The van der Waals surface area contributed by atoms with Crippen LogP contribution in [0.25, 0.3) is 0 Å². The molecule has 0 radical (unpaired) electrons. The van der Waals surface area contributed by atoms with Crippen LogP contribution in [0.4, 0.5) is 0 Å². The Balaban J connectivity index is 1.43. The summed E-state index contributed by atoms with van der Waals surface area (Å²) in [6, 6.07) is 10.9. The second kappa shape index (κ2) is 10.3. The number of benzene rings is 1. The third-order valence-electron chi connectivity index (χ3n) is 12.1. The summed E-state index contributed by atoms with van der Waals surface area (Å²) in [6.07, 6.45) is 0.148. The van der Waals surface area contributed by atoms with E-state index < -0.39 is 65.0 Å². The predicted molar refractivity (Wildman–Crippen MR) is 157 cm³/mol. The monoisotopic (exact) mass is 606 g/mol. The van der Waals surface area contributed by atoms with Gasteiger partial charge >= 0.3 is 11.9 Å². The Labute approximate surface area is 257 Å². The van der Waals surface area contributed by atoms with Crippen molar-refractivity contribution in [2.24, 2.45) is 28.1 Å². The number of hydrogen-bond acceptors (Lipinski definition) is 9. The Morgan fingerprint density at radius 3 is 2.43 bits per heavy atom. The number of carbonyl (C=O) groups excluding carboxylic acids is 2. The van der Waals surface area contributed by atoms with Gasteiger partial charge in [-0.3, -0.25) is 4.79 Å². The van der Waals surface area contributed by atoms with Crippen LogP contribution in [0, 0.1) is 28.1 Å². The molecule has 3 heterocycles. The number of hydrogen-bond donors (Lipinski definition) is 2. The molecule has 12 atom stereocenters. The zero-order valence-electron chi connectivity index (χ0n) is 25.9. The van der Waals surface area contributed by atoms with Gasteiger partial charge in [-0.1, -0.05) is 44.5 Å². The van der Waals surface area contributed by atoms with Crippen molar-refractivity contribution in [3.05, 3.63) is 71.2 Å². The molecule has 4 fully saturated rings. The quantitative estimate of drug-likeness (QED) is 0.374. The molecule has 12 unspecified atom stereocenters. The fraction of sp³-hybridized carbons (Fsp3) is 0.600. The summed E-state index contributed by atoms with van der Waals surface area (Å²) in [6.45, 7) is 9.99. The van der Waals surface area contributed by atoms with Crippen LogP contribution in [0.2, 0.25) is 0 Å². The molecule has 3 aliphatic carbocycles. The lowest BCUT2D eigenvalue weighted by atomic mass is 9.39. The summed E-state index contributed by atoms with van der Waals surface area (Å²) < 4.78 is 31.0. The highest BCUT2D eigenvalue weighted by Crippen LogP contribution is 2.72. The number of furan rings is 1. The number of aliphatic hydroxyl groups excluding tert-OH is 2. The maximum absolute atomic E-state index is 13.9. The maximum Gasteiger partial charge on any atom is 0.338 e. The molecule has 1 aromatic heterocycles. The number of rotatable bonds is 4. The van der Waals surface area contributed by atoms with E-state index in [-0.39, 0.29) is 37.2 Å². The minimum Gasteiger partial charge on any atom is -0.472 e. The lowest BCUT2D eigenvalue weighted by Gasteiger charge is -2.66. The van der Waals surface area contributed by atoms with Gasteiger partial charge < -0.3 is 33.6 Å². The van der Waals surface area contributed by atoms with Crippen LogP contribution in [0.1, 0.15) is 75.7 Å². The number of carbonyl (C=O) groups is 2. The first-order chi connectivity index (χ1) is 20.9. The topological polar surface area (TPSA) is 125 Å². The van der Waals surface area contributed by atoms with Gasteiger partial charge in [-0.25, -0.2) is 4.79 Å². The van der Waals surface area contributed by atoms with Crippen molar-refractivity contribution in [1.82, 2.24) is 0 Å². The molecule has 1 aromatic carbocycles. The van der Waals surface area contributed by atoms with Gasteiger partial charge in [0.15, 0.2) is 6.29 Å². The van der Waals surface area contributed by atoms with E-state index in [1.807, 2.05) is 12.1 Å². The third-order valence-corrected chi connectivity index (χ3v) is 12.1. The van der Waals surface area contributed by atoms with Crippen molar-refractivity contribution in [1.29, 1.82) is 0 Å². The van der Waals surface area contributed by atoms with Gasteiger partial charge in [0.1, 0.15) is 12.2 Å². The van der Waals surface area contributed by atoms with E-state index >= 15 is 0 Å². The van der Waals surface area contributed by atoms with E-state index in [9.17, 15) is 19.8 Å². The highest BCUT2D eigenvalue weighted by Gasteiger charge is 2.77. The largest absolute Gasteiger partial charge is 0.472 e. The number of allylic oxidation sites excluding steroid dienone is 1. The highest BCUT2D eigenvalue weighted by molar-refractivity contribution is 5.89. The van der Waals surface area contributed by atoms with Crippen molar-refractivity contribution >= 4 is 11.9 Å². The van der Waals surface area contributed by atoms with Crippen molar-refractivity contribution < 1.29 is 43.2 Å². The summed E-state index contributed by atoms with van der Waals surface area (Å²) in [5.74, 6) is -1.60. The molecule has 236 valence electrons. The summed E-state index contributed by atoms with van der Waals surface area (Å²) >= 11 is 0. The van der Waals surface area contributed by atoms with Crippen molar-refractivity contribution in [2.75, 3.05) is 6.61 Å². The van der Waals surface area contributed by atoms with Crippen LogP contribution in [0.3, 0.4) is 0 Å². The summed E-state index contributed by atoms with van der Waals surface area (Å²) in [5.41, 5.74) is 1.21. The van der Waals surface area contributed by atoms with E-state index in [2.05, 4.69) is 27.7 Å². The maximum atomic E-state index is 13.9. The van der Waals surface area contributed by atoms with Crippen LogP contribution in [0.5, 0.6) is 0 Å². The molecule has 2 aromatic rings. The molecule has 7 rings (SSSR count). The van der Waals surface area contributed by atoms with E-state index in [1.54, 1.807) is 36.8 Å². The van der Waals surface area contributed by atoms with Crippen LogP contribution in [0.15, 0.2) is 64.5 Å². The second-order valence-corrected chi connectivity index (χ2v) is 14.3. The molecule has 44 heavy (non-hydrogen) atoms. The van der Waals surface area contributed by atoms with Gasteiger partial charge in [0.25, 0.3) is 0 Å². The average molecular weight is 607 g/mol. The molecule has 0 spiro atoms. The molecule has 2 saturated carbocycles. The molecule has 0 amide bonds. The second-order valence-electron chi connectivity index (χ2n) is 14.3. The normalized spacial score (nSPS) is 44.3. The Bertz CT molecular complexity index is 1470. The van der Waals surface area contributed by atoms with E-state index in [0.29, 0.717) is 12.0 Å². The number of aliphatic hydroxyl groups is 2. The molecule has 9 nitrogen and oxygen atoms in total. The van der Waals surface area contributed by atoms with Gasteiger partial charge in [0.05, 0.1) is 43.0 Å². The van der Waals surface area contributed by atoms with Crippen molar-refractivity contribution in [2.45, 2.75) is 96.6 Å².